The first kappa shape index (κ1) is 12.8. The average molecular weight is 280 g/mol. The summed E-state index contributed by atoms with van der Waals surface area (Å²) in [5.41, 5.74) is -0.473. The van der Waals surface area contributed by atoms with E-state index in [0.29, 0.717) is 0 Å². The van der Waals surface area contributed by atoms with E-state index in [2.05, 4.69) is 0 Å². The van der Waals surface area contributed by atoms with E-state index in [1.807, 2.05) is 19.1 Å². The third-order valence-electron chi connectivity index (χ3n) is 6.11. The maximum absolute atomic E-state index is 11.3. The Morgan fingerprint density at radius 2 is 2.20 bits per heavy atom. The van der Waals surface area contributed by atoms with Crippen LogP contribution in [0.5, 0.6) is 0 Å². The molecular formula is C15H20O5. The SMILES string of the molecule is CC(=O)O[C@H]1C=C[C@H]2O[C@@]3(O)[C@H](O)[C@@H]4CC[C@@]3(C)[C@H]2[C@@H]41. The molecule has 0 aromatic rings. The number of esters is 1. The predicted octanol–water partition coefficient (Wildman–Crippen LogP) is 0.598. The Kier molecular flexibility index (Phi) is 2.33. The van der Waals surface area contributed by atoms with Crippen molar-refractivity contribution in [2.45, 2.75) is 50.8 Å². The Morgan fingerprint density at radius 3 is 2.90 bits per heavy atom. The fourth-order valence-corrected chi connectivity index (χ4v) is 5.26. The molecule has 4 fully saturated rings. The number of hydrogen-bond donors (Lipinski definition) is 2. The normalized spacial score (nSPS) is 58.8. The monoisotopic (exact) mass is 280 g/mol. The minimum absolute atomic E-state index is 0.0328. The van der Waals surface area contributed by atoms with Gasteiger partial charge in [0.1, 0.15) is 12.2 Å². The van der Waals surface area contributed by atoms with Crippen LogP contribution in [-0.2, 0) is 14.3 Å². The predicted molar refractivity (Wildman–Crippen MR) is 68.3 cm³/mol. The van der Waals surface area contributed by atoms with E-state index in [-0.39, 0.29) is 35.9 Å². The van der Waals surface area contributed by atoms with Gasteiger partial charge in [0.05, 0.1) is 6.10 Å². The maximum atomic E-state index is 11.3. The molecule has 0 aromatic carbocycles. The summed E-state index contributed by atoms with van der Waals surface area (Å²) in [4.78, 5) is 11.3. The molecule has 4 bridgehead atoms. The van der Waals surface area contributed by atoms with Gasteiger partial charge in [-0.05, 0) is 24.8 Å². The highest BCUT2D eigenvalue weighted by Crippen LogP contribution is 2.69. The van der Waals surface area contributed by atoms with Crippen molar-refractivity contribution in [3.8, 4) is 0 Å². The van der Waals surface area contributed by atoms with Crippen molar-refractivity contribution in [2.24, 2.45) is 23.2 Å². The molecule has 5 aliphatic rings. The summed E-state index contributed by atoms with van der Waals surface area (Å²) in [6, 6.07) is 0. The third-order valence-corrected chi connectivity index (χ3v) is 6.11. The van der Waals surface area contributed by atoms with Crippen molar-refractivity contribution in [3.63, 3.8) is 0 Å². The number of aliphatic hydroxyl groups is 2. The fraction of sp³-hybridized carbons (Fsp3) is 0.800. The summed E-state index contributed by atoms with van der Waals surface area (Å²) in [6.07, 6.45) is 3.99. The standard InChI is InChI=1S/C15H20O5/c1-7(16)19-9-3-4-10-12-11(9)8-5-6-14(12,2)15(18,20-10)13(8)17/h3-4,8-13,17-18H,5-6H2,1-2H3/t8-,9+,10-,11+,12-,13-,14+,15+/m1/s1. The molecule has 1 heterocycles. The van der Waals surface area contributed by atoms with E-state index in [9.17, 15) is 15.0 Å². The number of fused-ring (bicyclic) bond motifs is 1. The molecular weight excluding hydrogens is 260 g/mol. The second-order valence-corrected chi connectivity index (χ2v) is 6.91. The molecule has 110 valence electrons. The van der Waals surface area contributed by atoms with E-state index in [0.717, 1.165) is 12.8 Å². The van der Waals surface area contributed by atoms with Crippen LogP contribution in [0.1, 0.15) is 26.7 Å². The lowest BCUT2D eigenvalue weighted by atomic mass is 9.46. The zero-order valence-corrected chi connectivity index (χ0v) is 11.7. The molecule has 0 unspecified atom stereocenters. The Labute approximate surface area is 117 Å². The highest BCUT2D eigenvalue weighted by atomic mass is 16.7. The molecule has 5 nitrogen and oxygen atoms in total. The van der Waals surface area contributed by atoms with Gasteiger partial charge in [0, 0.05) is 24.2 Å². The van der Waals surface area contributed by atoms with Gasteiger partial charge in [-0.1, -0.05) is 13.0 Å². The topological polar surface area (TPSA) is 76.0 Å². The van der Waals surface area contributed by atoms with Gasteiger partial charge < -0.3 is 19.7 Å². The van der Waals surface area contributed by atoms with Crippen molar-refractivity contribution in [1.82, 2.24) is 0 Å². The summed E-state index contributed by atoms with van der Waals surface area (Å²) in [5.74, 6) is -1.72. The first-order valence-corrected chi connectivity index (χ1v) is 7.32. The van der Waals surface area contributed by atoms with Crippen molar-refractivity contribution < 1.29 is 24.5 Å². The summed E-state index contributed by atoms with van der Waals surface area (Å²) in [7, 11) is 0. The maximum Gasteiger partial charge on any atom is 0.303 e. The minimum atomic E-state index is -1.46. The number of ether oxygens (including phenoxy) is 2. The Balaban J connectivity index is 1.81. The molecule has 3 saturated carbocycles. The molecule has 1 saturated heterocycles. The summed E-state index contributed by atoms with van der Waals surface area (Å²) < 4.78 is 11.3. The lowest BCUT2D eigenvalue weighted by Gasteiger charge is -2.60. The number of rotatable bonds is 1. The molecule has 0 aromatic heterocycles. The van der Waals surface area contributed by atoms with Gasteiger partial charge >= 0.3 is 5.97 Å². The first-order valence-electron chi connectivity index (χ1n) is 7.32. The van der Waals surface area contributed by atoms with Crippen LogP contribution < -0.4 is 0 Å². The molecule has 5 heteroatoms. The second-order valence-electron chi connectivity index (χ2n) is 6.91. The largest absolute Gasteiger partial charge is 0.458 e. The zero-order chi connectivity index (χ0) is 14.3. The lowest BCUT2D eigenvalue weighted by Crippen LogP contribution is -2.68. The molecule has 4 aliphatic carbocycles. The number of hydrogen-bond acceptors (Lipinski definition) is 5. The van der Waals surface area contributed by atoms with Crippen LogP contribution in [0.25, 0.3) is 0 Å². The van der Waals surface area contributed by atoms with Gasteiger partial charge in [-0.3, -0.25) is 4.79 Å². The molecule has 8 atom stereocenters. The zero-order valence-electron chi connectivity index (χ0n) is 11.7. The fourth-order valence-electron chi connectivity index (χ4n) is 5.26. The molecule has 0 radical (unpaired) electrons. The van der Waals surface area contributed by atoms with Crippen LogP contribution >= 0.6 is 0 Å². The van der Waals surface area contributed by atoms with E-state index < -0.39 is 17.3 Å². The van der Waals surface area contributed by atoms with Gasteiger partial charge in [0.15, 0.2) is 5.79 Å². The molecule has 2 N–H and O–H groups in total. The smallest absolute Gasteiger partial charge is 0.303 e. The third kappa shape index (κ3) is 1.23. The van der Waals surface area contributed by atoms with Gasteiger partial charge in [0.2, 0.25) is 0 Å². The molecule has 1 aliphatic heterocycles. The molecule has 0 amide bonds. The highest BCUT2D eigenvalue weighted by Gasteiger charge is 2.76. The average Bonchev–Trinajstić information content (AvgIpc) is 2.59. The lowest BCUT2D eigenvalue weighted by molar-refractivity contribution is -0.328. The van der Waals surface area contributed by atoms with Crippen LogP contribution in [0.3, 0.4) is 0 Å². The van der Waals surface area contributed by atoms with Gasteiger partial charge in [-0.25, -0.2) is 0 Å². The van der Waals surface area contributed by atoms with Gasteiger partial charge in [-0.2, -0.15) is 0 Å². The van der Waals surface area contributed by atoms with Crippen molar-refractivity contribution in [1.29, 1.82) is 0 Å². The molecule has 5 rings (SSSR count). The number of carbonyl (C=O) groups excluding carboxylic acids is 1. The number of carbonyl (C=O) groups is 1. The van der Waals surface area contributed by atoms with Crippen molar-refractivity contribution >= 4 is 5.97 Å². The summed E-state index contributed by atoms with van der Waals surface area (Å²) >= 11 is 0. The van der Waals surface area contributed by atoms with Gasteiger partial charge in [-0.15, -0.1) is 0 Å². The van der Waals surface area contributed by atoms with Crippen LogP contribution in [0.2, 0.25) is 0 Å². The van der Waals surface area contributed by atoms with Crippen LogP contribution in [0.4, 0.5) is 0 Å². The summed E-state index contributed by atoms with van der Waals surface area (Å²) in [6.45, 7) is 3.40. The van der Waals surface area contributed by atoms with E-state index in [4.69, 9.17) is 9.47 Å². The van der Waals surface area contributed by atoms with Crippen molar-refractivity contribution in [2.75, 3.05) is 0 Å². The Morgan fingerprint density at radius 1 is 1.45 bits per heavy atom. The van der Waals surface area contributed by atoms with E-state index in [1.54, 1.807) is 0 Å². The van der Waals surface area contributed by atoms with E-state index in [1.165, 1.54) is 6.92 Å². The molecule has 0 spiro atoms. The van der Waals surface area contributed by atoms with Crippen LogP contribution in [0, 0.1) is 23.2 Å². The Hall–Kier alpha value is -0.910. The minimum Gasteiger partial charge on any atom is -0.458 e. The highest BCUT2D eigenvalue weighted by molar-refractivity contribution is 5.66. The summed E-state index contributed by atoms with van der Waals surface area (Å²) in [5, 5.41) is 21.4. The van der Waals surface area contributed by atoms with Crippen molar-refractivity contribution in [3.05, 3.63) is 12.2 Å². The quantitative estimate of drug-likeness (QED) is 0.543. The molecule has 20 heavy (non-hydrogen) atoms. The number of aliphatic hydroxyl groups excluding tert-OH is 1. The Bertz CT molecular complexity index is 502. The second kappa shape index (κ2) is 3.64. The van der Waals surface area contributed by atoms with Crippen LogP contribution in [0.15, 0.2) is 12.2 Å². The van der Waals surface area contributed by atoms with Crippen LogP contribution in [-0.4, -0.2) is 40.3 Å². The first-order chi connectivity index (χ1) is 9.38. The van der Waals surface area contributed by atoms with Gasteiger partial charge in [0.25, 0.3) is 0 Å². The van der Waals surface area contributed by atoms with E-state index >= 15 is 0 Å².